The van der Waals surface area contributed by atoms with Crippen LogP contribution in [0.1, 0.15) is 51.7 Å². The van der Waals surface area contributed by atoms with Crippen LogP contribution in [0.3, 0.4) is 0 Å². The molecule has 0 spiro atoms. The van der Waals surface area contributed by atoms with Crippen molar-refractivity contribution in [2.24, 2.45) is 5.92 Å². The monoisotopic (exact) mass is 443 g/mol. The van der Waals surface area contributed by atoms with Crippen LogP contribution in [0.4, 0.5) is 5.00 Å². The number of anilines is 1. The maximum Gasteiger partial charge on any atom is 0.341 e. The van der Waals surface area contributed by atoms with Gasteiger partial charge in [-0.2, -0.15) is 0 Å². The SMILES string of the molecule is COC(=O)c1c(NC(=S)N2CC3CC(C2)c2cccc(=O)n2C3)sc2c1CCCC2. The summed E-state index contributed by atoms with van der Waals surface area (Å²) in [6.45, 7) is 2.34. The summed E-state index contributed by atoms with van der Waals surface area (Å²) in [5.41, 5.74) is 2.98. The molecular formula is C22H25N3O3S2. The Morgan fingerprint density at radius 1 is 1.23 bits per heavy atom. The Balaban J connectivity index is 1.39. The molecule has 158 valence electrons. The van der Waals surface area contributed by atoms with Gasteiger partial charge in [0.25, 0.3) is 5.56 Å². The highest BCUT2D eigenvalue weighted by molar-refractivity contribution is 7.80. The Morgan fingerprint density at radius 2 is 2.07 bits per heavy atom. The maximum absolute atomic E-state index is 12.5. The van der Waals surface area contributed by atoms with Gasteiger partial charge in [0.15, 0.2) is 5.11 Å². The Kier molecular flexibility index (Phi) is 5.14. The van der Waals surface area contributed by atoms with Crippen molar-refractivity contribution in [3.8, 4) is 0 Å². The number of esters is 1. The van der Waals surface area contributed by atoms with E-state index in [4.69, 9.17) is 17.0 Å². The Labute approximate surface area is 184 Å². The van der Waals surface area contributed by atoms with Gasteiger partial charge >= 0.3 is 5.97 Å². The molecule has 1 saturated heterocycles. The fourth-order valence-corrected chi connectivity index (χ4v) is 6.80. The van der Waals surface area contributed by atoms with E-state index in [-0.39, 0.29) is 11.5 Å². The van der Waals surface area contributed by atoms with Crippen LogP contribution >= 0.6 is 23.6 Å². The number of carbonyl (C=O) groups is 1. The molecule has 2 aliphatic heterocycles. The number of ether oxygens (including phenoxy) is 1. The molecule has 6 nitrogen and oxygen atoms in total. The largest absolute Gasteiger partial charge is 0.465 e. The number of piperidine rings is 1. The number of carbonyl (C=O) groups excluding carboxylic acids is 1. The molecule has 2 unspecified atom stereocenters. The molecule has 2 aromatic heterocycles. The van der Waals surface area contributed by atoms with Gasteiger partial charge in [-0.1, -0.05) is 6.07 Å². The molecule has 3 aliphatic rings. The van der Waals surface area contributed by atoms with E-state index in [9.17, 15) is 9.59 Å². The minimum Gasteiger partial charge on any atom is -0.465 e. The van der Waals surface area contributed by atoms with Gasteiger partial charge in [-0.25, -0.2) is 4.79 Å². The van der Waals surface area contributed by atoms with Crippen molar-refractivity contribution in [3.63, 3.8) is 0 Å². The Hall–Kier alpha value is -2.19. The van der Waals surface area contributed by atoms with Crippen LogP contribution < -0.4 is 10.9 Å². The number of nitrogens with one attached hydrogen (secondary N) is 1. The molecule has 2 atom stereocenters. The number of thiocarbonyl (C=S) groups is 1. The van der Waals surface area contributed by atoms with Crippen LogP contribution in [-0.4, -0.2) is 40.7 Å². The summed E-state index contributed by atoms with van der Waals surface area (Å²) in [4.78, 5) is 28.2. The zero-order valence-corrected chi connectivity index (χ0v) is 18.6. The summed E-state index contributed by atoms with van der Waals surface area (Å²) in [5, 5.41) is 4.85. The lowest BCUT2D eigenvalue weighted by atomic mass is 9.83. The molecule has 1 N–H and O–H groups in total. The molecule has 8 heteroatoms. The minimum absolute atomic E-state index is 0.0863. The number of rotatable bonds is 2. The highest BCUT2D eigenvalue weighted by atomic mass is 32.1. The van der Waals surface area contributed by atoms with Gasteiger partial charge in [0.05, 0.1) is 12.7 Å². The van der Waals surface area contributed by atoms with E-state index in [0.29, 0.717) is 22.5 Å². The third kappa shape index (κ3) is 3.36. The molecule has 5 rings (SSSR count). The fourth-order valence-electron chi connectivity index (χ4n) is 5.21. The van der Waals surface area contributed by atoms with Crippen molar-refractivity contribution in [1.29, 1.82) is 0 Å². The number of hydrogen-bond donors (Lipinski definition) is 1. The van der Waals surface area contributed by atoms with Gasteiger partial charge in [0, 0.05) is 42.2 Å². The minimum atomic E-state index is -0.288. The quantitative estimate of drug-likeness (QED) is 0.567. The molecule has 4 heterocycles. The first-order valence-electron chi connectivity index (χ1n) is 10.5. The summed E-state index contributed by atoms with van der Waals surface area (Å²) in [6.07, 6.45) is 5.28. The highest BCUT2D eigenvalue weighted by Gasteiger charge is 2.36. The van der Waals surface area contributed by atoms with Crippen LogP contribution in [0, 0.1) is 5.92 Å². The normalized spacial score (nSPS) is 22.1. The van der Waals surface area contributed by atoms with Crippen molar-refractivity contribution in [1.82, 2.24) is 9.47 Å². The number of aromatic nitrogens is 1. The second-order valence-corrected chi connectivity index (χ2v) is 9.93. The van der Waals surface area contributed by atoms with E-state index in [0.717, 1.165) is 68.0 Å². The third-order valence-electron chi connectivity index (χ3n) is 6.55. The fraction of sp³-hybridized carbons (Fsp3) is 0.500. The molecule has 30 heavy (non-hydrogen) atoms. The smallest absolute Gasteiger partial charge is 0.341 e. The van der Waals surface area contributed by atoms with Crippen molar-refractivity contribution in [3.05, 3.63) is 50.3 Å². The van der Waals surface area contributed by atoms with Crippen molar-refractivity contribution < 1.29 is 9.53 Å². The predicted molar refractivity (Wildman–Crippen MR) is 122 cm³/mol. The number of methoxy groups -OCH3 is 1. The van der Waals surface area contributed by atoms with Gasteiger partial charge in [0.1, 0.15) is 5.00 Å². The second-order valence-electron chi connectivity index (χ2n) is 8.44. The van der Waals surface area contributed by atoms with Crippen LogP contribution in [0.5, 0.6) is 0 Å². The third-order valence-corrected chi connectivity index (χ3v) is 8.12. The second kappa shape index (κ2) is 7.81. The van der Waals surface area contributed by atoms with Crippen LogP contribution in [0.2, 0.25) is 0 Å². The zero-order chi connectivity index (χ0) is 20.8. The summed E-state index contributed by atoms with van der Waals surface area (Å²) in [5.74, 6) is 0.402. The van der Waals surface area contributed by atoms with Crippen LogP contribution in [-0.2, 0) is 24.1 Å². The predicted octanol–water partition coefficient (Wildman–Crippen LogP) is 3.39. The van der Waals surface area contributed by atoms with Crippen LogP contribution in [0.25, 0.3) is 0 Å². The zero-order valence-electron chi connectivity index (χ0n) is 17.0. The molecule has 0 radical (unpaired) electrons. The highest BCUT2D eigenvalue weighted by Crippen LogP contribution is 2.39. The first-order valence-corrected chi connectivity index (χ1v) is 11.8. The van der Waals surface area contributed by atoms with Gasteiger partial charge in [-0.3, -0.25) is 4.79 Å². The lowest BCUT2D eigenvalue weighted by molar-refractivity contribution is 0.0601. The lowest BCUT2D eigenvalue weighted by Gasteiger charge is -2.43. The summed E-state index contributed by atoms with van der Waals surface area (Å²) in [7, 11) is 1.43. The molecule has 1 fully saturated rings. The molecule has 0 aromatic carbocycles. The topological polar surface area (TPSA) is 63.6 Å². The van der Waals surface area contributed by atoms with Gasteiger partial charge in [-0.05, 0) is 61.9 Å². The van der Waals surface area contributed by atoms with Gasteiger partial charge in [0.2, 0.25) is 0 Å². The summed E-state index contributed by atoms with van der Waals surface area (Å²) < 4.78 is 7.00. The standard InChI is InChI=1S/C22H25N3O3S2/c1-28-21(27)19-15-5-2-3-7-17(15)30-20(19)23-22(29)24-10-13-9-14(12-24)16-6-4-8-18(26)25(16)11-13/h4,6,8,13-14H,2-3,5,7,9-12H2,1H3,(H,23,29). The number of aryl methyl sites for hydroxylation is 1. The van der Waals surface area contributed by atoms with E-state index in [1.807, 2.05) is 10.6 Å². The number of pyridine rings is 1. The maximum atomic E-state index is 12.5. The first kappa shape index (κ1) is 19.8. The molecule has 0 saturated carbocycles. The summed E-state index contributed by atoms with van der Waals surface area (Å²) >= 11 is 7.42. The van der Waals surface area contributed by atoms with E-state index >= 15 is 0 Å². The molecule has 2 aromatic rings. The molecule has 2 bridgehead atoms. The summed E-state index contributed by atoms with van der Waals surface area (Å²) in [6, 6.07) is 5.55. The van der Waals surface area contributed by atoms with E-state index in [1.54, 1.807) is 17.4 Å². The van der Waals surface area contributed by atoms with Crippen molar-refractivity contribution in [2.45, 2.75) is 44.6 Å². The molecule has 1 aliphatic carbocycles. The van der Waals surface area contributed by atoms with Crippen molar-refractivity contribution in [2.75, 3.05) is 25.5 Å². The molecule has 0 amide bonds. The van der Waals surface area contributed by atoms with Crippen molar-refractivity contribution >= 4 is 39.6 Å². The average molecular weight is 444 g/mol. The Morgan fingerprint density at radius 3 is 2.90 bits per heavy atom. The van der Waals surface area contributed by atoms with E-state index in [2.05, 4.69) is 16.3 Å². The first-order chi connectivity index (χ1) is 14.5. The average Bonchev–Trinajstić information content (AvgIpc) is 3.11. The number of likely N-dealkylation sites (tertiary alicyclic amines) is 1. The lowest BCUT2D eigenvalue weighted by Crippen LogP contribution is -2.50. The van der Waals surface area contributed by atoms with Gasteiger partial charge < -0.3 is 19.5 Å². The Bertz CT molecular complexity index is 1070. The van der Waals surface area contributed by atoms with E-state index in [1.165, 1.54) is 12.0 Å². The van der Waals surface area contributed by atoms with Crippen LogP contribution in [0.15, 0.2) is 23.0 Å². The van der Waals surface area contributed by atoms with E-state index < -0.39 is 0 Å². The number of thiophene rings is 1. The number of fused-ring (bicyclic) bond motifs is 5. The molecular weight excluding hydrogens is 418 g/mol. The van der Waals surface area contributed by atoms with Gasteiger partial charge in [-0.15, -0.1) is 11.3 Å². The number of nitrogens with zero attached hydrogens (tertiary/aromatic N) is 2. The number of hydrogen-bond acceptors (Lipinski definition) is 5.